The average molecular weight is 536 g/mol. The Morgan fingerprint density at radius 1 is 0.872 bits per heavy atom. The van der Waals surface area contributed by atoms with Crippen LogP contribution in [0.3, 0.4) is 0 Å². The van der Waals surface area contributed by atoms with Gasteiger partial charge in [-0.15, -0.1) is 0 Å². The summed E-state index contributed by atoms with van der Waals surface area (Å²) < 4.78 is 0. The smallest absolute Gasteiger partial charge is 0.326 e. The molecule has 4 rings (SSSR count). The van der Waals surface area contributed by atoms with Crippen molar-refractivity contribution in [2.45, 2.75) is 37.4 Å². The Kier molecular flexibility index (Phi) is 8.68. The molecule has 3 aromatic heterocycles. The molecule has 3 amide bonds. The van der Waals surface area contributed by atoms with Crippen molar-refractivity contribution in [3.63, 3.8) is 0 Å². The minimum Gasteiger partial charge on any atom is -0.480 e. The number of rotatable bonds is 13. The van der Waals surface area contributed by atoms with Crippen LogP contribution >= 0.6 is 0 Å². The molecule has 0 fully saturated rings. The number of nitrogens with one attached hydrogen (secondary N) is 6. The van der Waals surface area contributed by atoms with Crippen LogP contribution in [0.5, 0.6) is 0 Å². The van der Waals surface area contributed by atoms with Gasteiger partial charge in [0.1, 0.15) is 12.1 Å². The molecule has 0 radical (unpaired) electrons. The standard InChI is InChI=1S/C25H29N9O5/c26-18(6-15-9-27-12-31-15)23(36)34-20(7-16-10-28-13-32-16)24(37)30-11-22(35)33-21(25(38)39)5-14-8-29-19-4-2-1-3-17(14)19/h1-4,8-10,12-13,18,20-21,29H,5-7,11,26H2,(H,27,31)(H,28,32)(H,30,37)(H,33,35)(H,34,36)(H,38,39). The van der Waals surface area contributed by atoms with Crippen LogP contribution < -0.4 is 21.7 Å². The van der Waals surface area contributed by atoms with Crippen molar-refractivity contribution < 1.29 is 24.3 Å². The fourth-order valence-corrected chi connectivity index (χ4v) is 4.09. The predicted molar refractivity (Wildman–Crippen MR) is 139 cm³/mol. The van der Waals surface area contributed by atoms with Crippen molar-refractivity contribution in [3.8, 4) is 0 Å². The number of nitrogens with two attached hydrogens (primary N) is 1. The molecule has 3 heterocycles. The first-order valence-electron chi connectivity index (χ1n) is 12.2. The summed E-state index contributed by atoms with van der Waals surface area (Å²) in [7, 11) is 0. The van der Waals surface area contributed by atoms with E-state index in [0.29, 0.717) is 11.4 Å². The highest BCUT2D eigenvalue weighted by atomic mass is 16.4. The lowest BCUT2D eigenvalue weighted by molar-refractivity contribution is -0.141. The zero-order chi connectivity index (χ0) is 27.8. The number of carboxylic acids is 1. The third-order valence-electron chi connectivity index (χ3n) is 6.10. The van der Waals surface area contributed by atoms with Gasteiger partial charge in [0.05, 0.1) is 25.2 Å². The fraction of sp³-hybridized carbons (Fsp3) is 0.280. The first kappa shape index (κ1) is 27.1. The van der Waals surface area contributed by atoms with Gasteiger partial charge in [0.15, 0.2) is 0 Å². The van der Waals surface area contributed by atoms with Gasteiger partial charge in [-0.1, -0.05) is 18.2 Å². The maximum Gasteiger partial charge on any atom is 0.326 e. The molecule has 9 N–H and O–H groups in total. The van der Waals surface area contributed by atoms with Gasteiger partial charge in [-0.25, -0.2) is 14.8 Å². The highest BCUT2D eigenvalue weighted by Gasteiger charge is 2.26. The Morgan fingerprint density at radius 3 is 2.23 bits per heavy atom. The lowest BCUT2D eigenvalue weighted by atomic mass is 10.0. The molecule has 14 nitrogen and oxygen atoms in total. The number of aromatic nitrogens is 5. The van der Waals surface area contributed by atoms with Crippen LogP contribution in [0.4, 0.5) is 0 Å². The molecule has 0 saturated heterocycles. The van der Waals surface area contributed by atoms with E-state index in [9.17, 15) is 24.3 Å². The van der Waals surface area contributed by atoms with E-state index in [0.717, 1.165) is 16.5 Å². The predicted octanol–water partition coefficient (Wildman–Crippen LogP) is -0.860. The van der Waals surface area contributed by atoms with Gasteiger partial charge < -0.3 is 41.7 Å². The van der Waals surface area contributed by atoms with Crippen molar-refractivity contribution in [1.29, 1.82) is 0 Å². The molecular formula is C25H29N9O5. The van der Waals surface area contributed by atoms with Gasteiger partial charge in [0, 0.05) is 60.1 Å². The van der Waals surface area contributed by atoms with Crippen LogP contribution in [0.2, 0.25) is 0 Å². The van der Waals surface area contributed by atoms with Crippen LogP contribution in [0.25, 0.3) is 10.9 Å². The van der Waals surface area contributed by atoms with E-state index in [-0.39, 0.29) is 19.3 Å². The molecule has 204 valence electrons. The van der Waals surface area contributed by atoms with Crippen LogP contribution in [-0.4, -0.2) is 78.4 Å². The number of carbonyl (C=O) groups excluding carboxylic acids is 3. The minimum atomic E-state index is -1.21. The summed E-state index contributed by atoms with van der Waals surface area (Å²) in [4.78, 5) is 66.7. The number of H-pyrrole nitrogens is 3. The van der Waals surface area contributed by atoms with Crippen LogP contribution in [0, 0.1) is 0 Å². The number of hydrogen-bond acceptors (Lipinski definition) is 7. The number of aliphatic carboxylic acids is 1. The van der Waals surface area contributed by atoms with E-state index in [1.165, 1.54) is 18.9 Å². The summed E-state index contributed by atoms with van der Waals surface area (Å²) in [6.07, 6.45) is 7.95. The second-order valence-corrected chi connectivity index (χ2v) is 8.97. The largest absolute Gasteiger partial charge is 0.480 e. The zero-order valence-corrected chi connectivity index (χ0v) is 20.8. The molecule has 0 bridgehead atoms. The van der Waals surface area contributed by atoms with E-state index < -0.39 is 48.4 Å². The van der Waals surface area contributed by atoms with E-state index in [1.807, 2.05) is 24.3 Å². The van der Waals surface area contributed by atoms with Gasteiger partial charge in [0.2, 0.25) is 17.7 Å². The number of carboxylic acid groups (broad SMARTS) is 1. The monoisotopic (exact) mass is 535 g/mol. The topological polar surface area (TPSA) is 224 Å². The average Bonchev–Trinajstić information content (AvgIpc) is 3.69. The molecule has 39 heavy (non-hydrogen) atoms. The molecule has 0 saturated carbocycles. The van der Waals surface area contributed by atoms with Crippen molar-refractivity contribution in [1.82, 2.24) is 40.9 Å². The molecular weight excluding hydrogens is 506 g/mol. The molecule has 0 aliphatic rings. The highest BCUT2D eigenvalue weighted by molar-refractivity contribution is 5.93. The highest BCUT2D eigenvalue weighted by Crippen LogP contribution is 2.19. The van der Waals surface area contributed by atoms with Crippen molar-refractivity contribution in [2.24, 2.45) is 5.73 Å². The molecule has 0 aliphatic carbocycles. The Hall–Kier alpha value is -4.98. The summed E-state index contributed by atoms with van der Waals surface area (Å²) in [5.74, 6) is -3.13. The van der Waals surface area contributed by atoms with Gasteiger partial charge >= 0.3 is 5.97 Å². The van der Waals surface area contributed by atoms with E-state index in [1.54, 1.807) is 12.4 Å². The molecule has 0 spiro atoms. The summed E-state index contributed by atoms with van der Waals surface area (Å²) in [6.45, 7) is -0.494. The number of benzene rings is 1. The van der Waals surface area contributed by atoms with Gasteiger partial charge in [-0.2, -0.15) is 0 Å². The lowest BCUT2D eigenvalue weighted by Gasteiger charge is -2.20. The maximum absolute atomic E-state index is 13.0. The van der Waals surface area contributed by atoms with E-state index in [4.69, 9.17) is 5.73 Å². The number of hydrogen-bond donors (Lipinski definition) is 8. The quantitative estimate of drug-likeness (QED) is 0.107. The molecule has 1 aromatic carbocycles. The van der Waals surface area contributed by atoms with Gasteiger partial charge in [-0.05, 0) is 11.6 Å². The number of imidazole rings is 2. The number of para-hydroxylation sites is 1. The number of carbonyl (C=O) groups is 4. The maximum atomic E-state index is 13.0. The normalized spacial score (nSPS) is 13.4. The van der Waals surface area contributed by atoms with Crippen LogP contribution in [0.15, 0.2) is 55.5 Å². The van der Waals surface area contributed by atoms with Crippen molar-refractivity contribution >= 4 is 34.6 Å². The van der Waals surface area contributed by atoms with E-state index >= 15 is 0 Å². The SMILES string of the molecule is NC(Cc1cnc[nH]1)C(=O)NC(Cc1cnc[nH]1)C(=O)NCC(=O)NC(Cc1c[nH]c2ccccc12)C(=O)O. The van der Waals surface area contributed by atoms with Crippen molar-refractivity contribution in [2.75, 3.05) is 6.54 Å². The molecule has 14 heteroatoms. The summed E-state index contributed by atoms with van der Waals surface area (Å²) >= 11 is 0. The Bertz CT molecular complexity index is 1410. The molecule has 3 atom stereocenters. The Labute approximate surface area is 222 Å². The fourth-order valence-electron chi connectivity index (χ4n) is 4.09. The van der Waals surface area contributed by atoms with Crippen LogP contribution in [0.1, 0.15) is 17.0 Å². The van der Waals surface area contributed by atoms with Gasteiger partial charge in [0.25, 0.3) is 0 Å². The first-order chi connectivity index (χ1) is 18.8. The first-order valence-corrected chi connectivity index (χ1v) is 12.2. The summed E-state index contributed by atoms with van der Waals surface area (Å²) in [6, 6.07) is 4.19. The zero-order valence-electron chi connectivity index (χ0n) is 20.8. The third kappa shape index (κ3) is 7.29. The second kappa shape index (κ2) is 12.5. The number of fused-ring (bicyclic) bond motifs is 1. The lowest BCUT2D eigenvalue weighted by Crippen LogP contribution is -2.54. The number of aromatic amines is 3. The summed E-state index contributed by atoms with van der Waals surface area (Å²) in [5.41, 5.74) is 8.81. The second-order valence-electron chi connectivity index (χ2n) is 8.97. The molecule has 0 aliphatic heterocycles. The van der Waals surface area contributed by atoms with Gasteiger partial charge in [-0.3, -0.25) is 14.4 Å². The van der Waals surface area contributed by atoms with Crippen LogP contribution in [-0.2, 0) is 38.4 Å². The van der Waals surface area contributed by atoms with Crippen molar-refractivity contribution in [3.05, 3.63) is 72.5 Å². The third-order valence-corrected chi connectivity index (χ3v) is 6.10. The molecule has 3 unspecified atom stereocenters. The summed E-state index contributed by atoms with van der Waals surface area (Å²) in [5, 5.41) is 18.0. The number of amides is 3. The van der Waals surface area contributed by atoms with E-state index in [2.05, 4.69) is 40.9 Å². The Balaban J connectivity index is 1.34. The Morgan fingerprint density at radius 2 is 1.56 bits per heavy atom. The number of nitrogens with zero attached hydrogens (tertiary/aromatic N) is 2. The molecule has 4 aromatic rings. The minimum absolute atomic E-state index is 0.0474.